The molecule has 13 heavy (non-hydrogen) atoms. The zero-order valence-corrected chi connectivity index (χ0v) is 9.72. The van der Waals surface area contributed by atoms with E-state index in [9.17, 15) is 4.79 Å². The molecule has 0 saturated heterocycles. The van der Waals surface area contributed by atoms with Crippen LogP contribution < -0.4 is 0 Å². The Hall–Kier alpha value is -0.380. The van der Waals surface area contributed by atoms with Crippen LogP contribution in [0.2, 0.25) is 0 Å². The second kappa shape index (κ2) is 3.40. The van der Waals surface area contributed by atoms with Gasteiger partial charge in [0.25, 0.3) is 0 Å². The molecule has 0 bridgehead atoms. The summed E-state index contributed by atoms with van der Waals surface area (Å²) in [4.78, 5) is 11.6. The summed E-state index contributed by atoms with van der Waals surface area (Å²) in [5, 5.41) is 0. The lowest BCUT2D eigenvalue weighted by molar-refractivity contribution is 0.0972. The molecule has 1 aromatic rings. The Kier molecular flexibility index (Phi) is 2.41. The zero-order chi connectivity index (χ0) is 9.42. The summed E-state index contributed by atoms with van der Waals surface area (Å²) in [5.74, 6) is 0.322. The second-order valence-corrected chi connectivity index (χ2v) is 4.71. The highest BCUT2D eigenvalue weighted by atomic mass is 127. The molecule has 0 aliphatic heterocycles. The van der Waals surface area contributed by atoms with Crippen molar-refractivity contribution in [3.63, 3.8) is 0 Å². The molecule has 0 unspecified atom stereocenters. The number of hydrogen-bond donors (Lipinski definition) is 0. The lowest BCUT2D eigenvalue weighted by Crippen LogP contribution is -2.12. The van der Waals surface area contributed by atoms with Gasteiger partial charge in [-0.3, -0.25) is 4.79 Å². The van der Waals surface area contributed by atoms with Gasteiger partial charge in [-0.2, -0.15) is 0 Å². The minimum absolute atomic E-state index is 0.322. The summed E-state index contributed by atoms with van der Waals surface area (Å²) in [6.07, 6.45) is 2.82. The maximum absolute atomic E-state index is 11.6. The third-order valence-electron chi connectivity index (χ3n) is 2.47. The van der Waals surface area contributed by atoms with Crippen molar-refractivity contribution in [3.8, 4) is 0 Å². The fraction of sp³-hybridized carbons (Fsp3) is 0.364. The first-order valence-electron chi connectivity index (χ1n) is 4.50. The number of carbonyl (C=O) groups excluding carboxylic acids is 1. The van der Waals surface area contributed by atoms with Gasteiger partial charge in [0.05, 0.1) is 0 Å². The van der Waals surface area contributed by atoms with Crippen molar-refractivity contribution in [2.24, 2.45) is 0 Å². The molecule has 0 amide bonds. The van der Waals surface area contributed by atoms with Crippen molar-refractivity contribution in [2.45, 2.75) is 26.2 Å². The van der Waals surface area contributed by atoms with E-state index >= 15 is 0 Å². The Morgan fingerprint density at radius 2 is 2.08 bits per heavy atom. The molecule has 0 aromatic heterocycles. The van der Waals surface area contributed by atoms with Crippen molar-refractivity contribution in [2.75, 3.05) is 0 Å². The largest absolute Gasteiger partial charge is 0.294 e. The monoisotopic (exact) mass is 286 g/mol. The third-order valence-corrected chi connectivity index (χ3v) is 3.43. The number of hydrogen-bond acceptors (Lipinski definition) is 1. The number of Topliss-reactive ketones (excluding diaryl/α,β-unsaturated/α-hetero) is 1. The molecule has 0 atom stereocenters. The van der Waals surface area contributed by atoms with Crippen LogP contribution in [-0.2, 0) is 6.42 Å². The van der Waals surface area contributed by atoms with E-state index in [4.69, 9.17) is 0 Å². The molecule has 0 saturated carbocycles. The van der Waals surface area contributed by atoms with Gasteiger partial charge in [0.2, 0.25) is 0 Å². The van der Waals surface area contributed by atoms with Crippen molar-refractivity contribution in [3.05, 3.63) is 32.4 Å². The van der Waals surface area contributed by atoms with E-state index in [1.165, 1.54) is 14.7 Å². The SMILES string of the molecule is Cc1cc(I)c2c(c1)C(=O)CCC2. The normalized spacial score (nSPS) is 15.7. The highest BCUT2D eigenvalue weighted by Gasteiger charge is 2.19. The molecule has 68 valence electrons. The molecular formula is C11H11IO. The minimum Gasteiger partial charge on any atom is -0.294 e. The molecule has 0 N–H and O–H groups in total. The van der Waals surface area contributed by atoms with E-state index in [1.807, 2.05) is 13.0 Å². The van der Waals surface area contributed by atoms with Gasteiger partial charge in [-0.05, 0) is 65.6 Å². The standard InChI is InChI=1S/C11H11IO/c1-7-5-9-8(10(12)6-7)3-2-4-11(9)13/h5-6H,2-4H2,1H3. The van der Waals surface area contributed by atoms with Gasteiger partial charge >= 0.3 is 0 Å². The van der Waals surface area contributed by atoms with Crippen LogP contribution in [0, 0.1) is 10.5 Å². The molecule has 0 radical (unpaired) electrons. The van der Waals surface area contributed by atoms with Crippen LogP contribution in [0.5, 0.6) is 0 Å². The quantitative estimate of drug-likeness (QED) is 0.670. The Morgan fingerprint density at radius 3 is 2.85 bits per heavy atom. The van der Waals surface area contributed by atoms with Crippen LogP contribution >= 0.6 is 22.6 Å². The van der Waals surface area contributed by atoms with E-state index < -0.39 is 0 Å². The van der Waals surface area contributed by atoms with Crippen molar-refractivity contribution in [1.29, 1.82) is 0 Å². The van der Waals surface area contributed by atoms with Crippen LogP contribution in [0.25, 0.3) is 0 Å². The van der Waals surface area contributed by atoms with E-state index in [2.05, 4.69) is 28.7 Å². The van der Waals surface area contributed by atoms with E-state index in [0.717, 1.165) is 24.8 Å². The van der Waals surface area contributed by atoms with Gasteiger partial charge in [-0.15, -0.1) is 0 Å². The van der Waals surface area contributed by atoms with Gasteiger partial charge in [0.15, 0.2) is 5.78 Å². The lowest BCUT2D eigenvalue weighted by atomic mass is 9.90. The fourth-order valence-electron chi connectivity index (χ4n) is 1.84. The van der Waals surface area contributed by atoms with E-state index in [-0.39, 0.29) is 0 Å². The fourth-order valence-corrected chi connectivity index (χ4v) is 2.89. The maximum atomic E-state index is 11.6. The Labute approximate surface area is 91.7 Å². The van der Waals surface area contributed by atoms with Gasteiger partial charge in [-0.1, -0.05) is 0 Å². The van der Waals surface area contributed by atoms with Crippen molar-refractivity contribution >= 4 is 28.4 Å². The van der Waals surface area contributed by atoms with Crippen LogP contribution in [0.3, 0.4) is 0 Å². The number of ketones is 1. The molecule has 0 fully saturated rings. The molecule has 0 heterocycles. The summed E-state index contributed by atoms with van der Waals surface area (Å²) >= 11 is 2.33. The predicted octanol–water partition coefficient (Wildman–Crippen LogP) is 3.12. The Bertz CT molecular complexity index is 369. The second-order valence-electron chi connectivity index (χ2n) is 3.55. The first-order chi connectivity index (χ1) is 6.18. The Balaban J connectivity index is 2.63. The van der Waals surface area contributed by atoms with Gasteiger partial charge in [-0.25, -0.2) is 0 Å². The summed E-state index contributed by atoms with van der Waals surface area (Å²) < 4.78 is 1.25. The Morgan fingerprint density at radius 1 is 1.31 bits per heavy atom. The molecular weight excluding hydrogens is 275 g/mol. The number of aryl methyl sites for hydroxylation is 1. The highest BCUT2D eigenvalue weighted by Crippen LogP contribution is 2.26. The number of halogens is 1. The summed E-state index contributed by atoms with van der Waals surface area (Å²) in [6.45, 7) is 2.05. The third kappa shape index (κ3) is 1.64. The lowest BCUT2D eigenvalue weighted by Gasteiger charge is -2.16. The van der Waals surface area contributed by atoms with Crippen molar-refractivity contribution < 1.29 is 4.79 Å². The molecule has 1 aromatic carbocycles. The first kappa shape index (κ1) is 9.19. The average molecular weight is 286 g/mol. The molecule has 2 rings (SSSR count). The van der Waals surface area contributed by atoms with Gasteiger partial charge in [0, 0.05) is 15.6 Å². The first-order valence-corrected chi connectivity index (χ1v) is 5.58. The minimum atomic E-state index is 0.322. The summed E-state index contributed by atoms with van der Waals surface area (Å²) in [6, 6.07) is 4.18. The molecule has 1 aliphatic rings. The molecule has 0 spiro atoms. The summed E-state index contributed by atoms with van der Waals surface area (Å²) in [7, 11) is 0. The number of carbonyl (C=O) groups is 1. The van der Waals surface area contributed by atoms with E-state index in [1.54, 1.807) is 0 Å². The van der Waals surface area contributed by atoms with Crippen molar-refractivity contribution in [1.82, 2.24) is 0 Å². The van der Waals surface area contributed by atoms with Crippen LogP contribution in [0.4, 0.5) is 0 Å². The summed E-state index contributed by atoms with van der Waals surface area (Å²) in [5.41, 5.74) is 3.43. The average Bonchev–Trinajstić information content (AvgIpc) is 2.07. The van der Waals surface area contributed by atoms with Gasteiger partial charge in [0.1, 0.15) is 0 Å². The highest BCUT2D eigenvalue weighted by molar-refractivity contribution is 14.1. The molecule has 1 aliphatic carbocycles. The van der Waals surface area contributed by atoms with Crippen LogP contribution in [0.15, 0.2) is 12.1 Å². The van der Waals surface area contributed by atoms with E-state index in [0.29, 0.717) is 5.78 Å². The number of rotatable bonds is 0. The smallest absolute Gasteiger partial charge is 0.163 e. The van der Waals surface area contributed by atoms with Crippen LogP contribution in [-0.4, -0.2) is 5.78 Å². The predicted molar refractivity (Wildman–Crippen MR) is 61.2 cm³/mol. The van der Waals surface area contributed by atoms with Crippen LogP contribution in [0.1, 0.15) is 34.3 Å². The van der Waals surface area contributed by atoms with Gasteiger partial charge < -0.3 is 0 Å². The zero-order valence-electron chi connectivity index (χ0n) is 7.56. The molecule has 1 nitrogen and oxygen atoms in total. The topological polar surface area (TPSA) is 17.1 Å². The number of fused-ring (bicyclic) bond motifs is 1. The molecule has 2 heteroatoms. The maximum Gasteiger partial charge on any atom is 0.163 e. The number of benzene rings is 1.